The molecule has 6 nitrogen and oxygen atoms in total. The SMILES string of the molecule is Cc1ccccc1C(=O)NC1=N/C(=C(/C#N)C(=O)N[C@@H](C)c2ccccc2)c2ccccc21. The Labute approximate surface area is 192 Å². The summed E-state index contributed by atoms with van der Waals surface area (Å²) in [6.07, 6.45) is 0. The fourth-order valence-corrected chi connectivity index (χ4v) is 3.72. The number of carbonyl (C=O) groups excluding carboxylic acids is 2. The van der Waals surface area contributed by atoms with Crippen LogP contribution in [0.4, 0.5) is 0 Å². The lowest BCUT2D eigenvalue weighted by atomic mass is 10.0. The van der Waals surface area contributed by atoms with Crippen molar-refractivity contribution in [1.82, 2.24) is 10.6 Å². The lowest BCUT2D eigenvalue weighted by molar-refractivity contribution is -0.117. The standard InChI is InChI=1S/C27H22N4O2/c1-17-10-6-7-13-20(17)26(32)31-25-22-15-9-8-14-21(22)24(30-25)23(16-28)27(33)29-18(2)19-11-4-3-5-12-19/h3-15,18H,1-2H3,(H,29,33)(H,30,31,32)/b24-23-/t18-/m0/s1. The highest BCUT2D eigenvalue weighted by molar-refractivity contribution is 6.20. The summed E-state index contributed by atoms with van der Waals surface area (Å²) >= 11 is 0. The lowest BCUT2D eigenvalue weighted by Gasteiger charge is -2.14. The van der Waals surface area contributed by atoms with E-state index in [-0.39, 0.29) is 23.2 Å². The molecule has 4 rings (SSSR count). The number of nitrogens with one attached hydrogen (secondary N) is 2. The van der Waals surface area contributed by atoms with Crippen LogP contribution in [0.5, 0.6) is 0 Å². The molecule has 0 radical (unpaired) electrons. The summed E-state index contributed by atoms with van der Waals surface area (Å²) in [6.45, 7) is 3.71. The van der Waals surface area contributed by atoms with Crippen LogP contribution in [-0.4, -0.2) is 17.6 Å². The van der Waals surface area contributed by atoms with Crippen molar-refractivity contribution < 1.29 is 9.59 Å². The first kappa shape index (κ1) is 21.7. The van der Waals surface area contributed by atoms with Crippen molar-refractivity contribution in [3.63, 3.8) is 0 Å². The van der Waals surface area contributed by atoms with Crippen LogP contribution < -0.4 is 10.6 Å². The van der Waals surface area contributed by atoms with Crippen molar-refractivity contribution in [2.75, 3.05) is 0 Å². The van der Waals surface area contributed by atoms with Gasteiger partial charge in [0.05, 0.1) is 11.7 Å². The Balaban J connectivity index is 1.67. The minimum atomic E-state index is -0.520. The van der Waals surface area contributed by atoms with Crippen molar-refractivity contribution in [2.24, 2.45) is 4.99 Å². The van der Waals surface area contributed by atoms with Gasteiger partial charge in [-0.1, -0.05) is 72.8 Å². The van der Waals surface area contributed by atoms with E-state index >= 15 is 0 Å². The molecule has 162 valence electrons. The maximum atomic E-state index is 13.0. The largest absolute Gasteiger partial charge is 0.345 e. The van der Waals surface area contributed by atoms with Gasteiger partial charge in [-0.05, 0) is 31.0 Å². The van der Waals surface area contributed by atoms with E-state index in [2.05, 4.69) is 15.6 Å². The molecule has 6 heteroatoms. The second-order valence-electron chi connectivity index (χ2n) is 7.72. The van der Waals surface area contributed by atoms with Gasteiger partial charge in [-0.3, -0.25) is 9.59 Å². The number of aliphatic imine (C=N–C) groups is 1. The summed E-state index contributed by atoms with van der Waals surface area (Å²) in [6, 6.07) is 25.7. The summed E-state index contributed by atoms with van der Waals surface area (Å²) in [4.78, 5) is 30.4. The number of fused-ring (bicyclic) bond motifs is 1. The molecule has 1 heterocycles. The topological polar surface area (TPSA) is 94.3 Å². The van der Waals surface area contributed by atoms with Crippen LogP contribution in [0.15, 0.2) is 89.4 Å². The van der Waals surface area contributed by atoms with Crippen LogP contribution in [0, 0.1) is 18.3 Å². The van der Waals surface area contributed by atoms with Crippen molar-refractivity contribution in [2.45, 2.75) is 19.9 Å². The number of hydrogen-bond donors (Lipinski definition) is 2. The molecule has 3 aromatic rings. The summed E-state index contributed by atoms with van der Waals surface area (Å²) in [5, 5.41) is 15.5. The molecule has 0 aliphatic carbocycles. The smallest absolute Gasteiger partial charge is 0.264 e. The second-order valence-corrected chi connectivity index (χ2v) is 7.72. The highest BCUT2D eigenvalue weighted by Gasteiger charge is 2.28. The average Bonchev–Trinajstić information content (AvgIpc) is 3.18. The van der Waals surface area contributed by atoms with Crippen LogP contribution in [-0.2, 0) is 4.79 Å². The first-order chi connectivity index (χ1) is 16.0. The summed E-state index contributed by atoms with van der Waals surface area (Å²) in [7, 11) is 0. The molecule has 0 unspecified atom stereocenters. The molecule has 0 saturated heterocycles. The number of nitrogens with zero attached hydrogens (tertiary/aromatic N) is 2. The van der Waals surface area contributed by atoms with Crippen molar-refractivity contribution >= 4 is 23.3 Å². The molecule has 1 aliphatic rings. The maximum absolute atomic E-state index is 13.0. The Hall–Kier alpha value is -4.50. The normalized spacial score (nSPS) is 14.4. The summed E-state index contributed by atoms with van der Waals surface area (Å²) in [5.41, 5.74) is 3.71. The van der Waals surface area contributed by atoms with E-state index in [0.29, 0.717) is 22.5 Å². The van der Waals surface area contributed by atoms with E-state index in [9.17, 15) is 14.9 Å². The van der Waals surface area contributed by atoms with Crippen LogP contribution in [0.3, 0.4) is 0 Å². The number of carbonyl (C=O) groups is 2. The van der Waals surface area contributed by atoms with E-state index in [4.69, 9.17) is 0 Å². The third-order valence-corrected chi connectivity index (χ3v) is 5.51. The van der Waals surface area contributed by atoms with Gasteiger partial charge in [-0.2, -0.15) is 5.26 Å². The number of nitriles is 1. The zero-order chi connectivity index (χ0) is 23.4. The molecule has 3 aromatic carbocycles. The Kier molecular flexibility index (Phi) is 6.14. The molecule has 0 saturated carbocycles. The summed E-state index contributed by atoms with van der Waals surface area (Å²) < 4.78 is 0. The molecule has 0 aromatic heterocycles. The summed E-state index contributed by atoms with van der Waals surface area (Å²) in [5.74, 6) is -0.511. The van der Waals surface area contributed by atoms with Gasteiger partial charge in [0.2, 0.25) is 0 Å². The van der Waals surface area contributed by atoms with E-state index < -0.39 is 5.91 Å². The molecule has 1 atom stereocenters. The zero-order valence-corrected chi connectivity index (χ0v) is 18.3. The van der Waals surface area contributed by atoms with Gasteiger partial charge in [-0.15, -0.1) is 0 Å². The molecule has 2 N–H and O–H groups in total. The second kappa shape index (κ2) is 9.33. The Bertz CT molecular complexity index is 1330. The monoisotopic (exact) mass is 434 g/mol. The molecular formula is C27H22N4O2. The maximum Gasteiger partial charge on any atom is 0.264 e. The van der Waals surface area contributed by atoms with Crippen LogP contribution in [0.1, 0.15) is 45.6 Å². The van der Waals surface area contributed by atoms with Gasteiger partial charge in [0.1, 0.15) is 17.5 Å². The van der Waals surface area contributed by atoms with E-state index in [1.807, 2.05) is 68.4 Å². The number of aryl methyl sites for hydroxylation is 1. The Morgan fingerprint density at radius 2 is 1.55 bits per heavy atom. The highest BCUT2D eigenvalue weighted by atomic mass is 16.2. The molecule has 0 fully saturated rings. The Morgan fingerprint density at radius 1 is 0.909 bits per heavy atom. The van der Waals surface area contributed by atoms with Crippen LogP contribution in [0.2, 0.25) is 0 Å². The van der Waals surface area contributed by atoms with Gasteiger partial charge in [0.25, 0.3) is 11.8 Å². The van der Waals surface area contributed by atoms with E-state index in [1.54, 1.807) is 30.3 Å². The van der Waals surface area contributed by atoms with Crippen LogP contribution in [0.25, 0.3) is 5.70 Å². The zero-order valence-electron chi connectivity index (χ0n) is 18.3. The van der Waals surface area contributed by atoms with Gasteiger partial charge in [0, 0.05) is 16.7 Å². The van der Waals surface area contributed by atoms with E-state index in [0.717, 1.165) is 11.1 Å². The minimum Gasteiger partial charge on any atom is -0.345 e. The Morgan fingerprint density at radius 3 is 2.24 bits per heavy atom. The first-order valence-electron chi connectivity index (χ1n) is 10.5. The number of amides is 2. The van der Waals surface area contributed by atoms with Crippen molar-refractivity contribution in [1.29, 1.82) is 5.26 Å². The minimum absolute atomic E-state index is 0.106. The van der Waals surface area contributed by atoms with Crippen molar-refractivity contribution in [3.05, 3.63) is 112 Å². The van der Waals surface area contributed by atoms with Gasteiger partial charge < -0.3 is 10.6 Å². The van der Waals surface area contributed by atoms with Gasteiger partial charge in [-0.25, -0.2) is 4.99 Å². The molecule has 33 heavy (non-hydrogen) atoms. The highest BCUT2D eigenvalue weighted by Crippen LogP contribution is 2.31. The van der Waals surface area contributed by atoms with Gasteiger partial charge >= 0.3 is 0 Å². The van der Waals surface area contributed by atoms with E-state index in [1.165, 1.54) is 0 Å². The first-order valence-corrected chi connectivity index (χ1v) is 10.5. The quantitative estimate of drug-likeness (QED) is 0.474. The molecule has 0 spiro atoms. The fourth-order valence-electron chi connectivity index (χ4n) is 3.72. The fraction of sp³-hybridized carbons (Fsp3) is 0.111. The third-order valence-electron chi connectivity index (χ3n) is 5.51. The molecule has 0 bridgehead atoms. The number of benzene rings is 3. The number of rotatable bonds is 4. The average molecular weight is 434 g/mol. The van der Waals surface area contributed by atoms with Crippen LogP contribution >= 0.6 is 0 Å². The van der Waals surface area contributed by atoms with Crippen molar-refractivity contribution in [3.8, 4) is 6.07 Å². The molecular weight excluding hydrogens is 412 g/mol. The predicted octanol–water partition coefficient (Wildman–Crippen LogP) is 4.30. The predicted molar refractivity (Wildman–Crippen MR) is 127 cm³/mol. The number of hydrogen-bond acceptors (Lipinski definition) is 4. The molecule has 1 aliphatic heterocycles. The van der Waals surface area contributed by atoms with Gasteiger partial charge in [0.15, 0.2) is 0 Å². The molecule has 2 amide bonds. The lowest BCUT2D eigenvalue weighted by Crippen LogP contribution is -2.30. The third kappa shape index (κ3) is 4.43. The number of amidine groups is 1.